The molecule has 0 amide bonds. The molecule has 20 heavy (non-hydrogen) atoms. The number of piperidine rings is 1. The highest BCUT2D eigenvalue weighted by Gasteiger charge is 2.20. The van der Waals surface area contributed by atoms with Crippen molar-refractivity contribution in [2.24, 2.45) is 5.92 Å². The molecule has 1 heterocycles. The fraction of sp³-hybridized carbons (Fsp3) is 0.600. The van der Waals surface area contributed by atoms with Gasteiger partial charge >= 0.3 is 0 Å². The van der Waals surface area contributed by atoms with Gasteiger partial charge in [-0.25, -0.2) is 13.1 Å². The summed E-state index contributed by atoms with van der Waals surface area (Å²) in [6.45, 7) is 2.54. The lowest BCUT2D eigenvalue weighted by Crippen LogP contribution is -2.36. The van der Waals surface area contributed by atoms with Gasteiger partial charge in [0.2, 0.25) is 10.0 Å². The number of hydrogen-bond donors (Lipinski definition) is 2. The minimum absolute atomic E-state index is 0.423. The average Bonchev–Trinajstić information content (AvgIpc) is 2.94. The maximum Gasteiger partial charge on any atom is 0.240 e. The van der Waals surface area contributed by atoms with Gasteiger partial charge in [0.25, 0.3) is 0 Å². The van der Waals surface area contributed by atoms with Crippen LogP contribution in [0.4, 0.5) is 0 Å². The van der Waals surface area contributed by atoms with E-state index in [0.29, 0.717) is 17.4 Å². The third-order valence-electron chi connectivity index (χ3n) is 4.40. The van der Waals surface area contributed by atoms with Crippen LogP contribution in [0.1, 0.15) is 30.4 Å². The van der Waals surface area contributed by atoms with E-state index in [-0.39, 0.29) is 0 Å². The van der Waals surface area contributed by atoms with Crippen molar-refractivity contribution in [3.63, 3.8) is 0 Å². The highest BCUT2D eigenvalue weighted by molar-refractivity contribution is 7.89. The number of nitrogens with one attached hydrogen (secondary N) is 2. The Labute approximate surface area is 121 Å². The van der Waals surface area contributed by atoms with Gasteiger partial charge in [-0.3, -0.25) is 0 Å². The Kier molecular flexibility index (Phi) is 4.10. The zero-order valence-corrected chi connectivity index (χ0v) is 12.5. The maximum atomic E-state index is 12.3. The van der Waals surface area contributed by atoms with Gasteiger partial charge in [0.1, 0.15) is 0 Å². The van der Waals surface area contributed by atoms with Gasteiger partial charge in [-0.15, -0.1) is 0 Å². The molecule has 1 aliphatic carbocycles. The molecule has 0 aromatic heterocycles. The molecule has 1 aromatic rings. The Bertz CT molecular complexity index is 578. The molecule has 0 saturated carbocycles. The number of benzene rings is 1. The Morgan fingerprint density at radius 1 is 1.15 bits per heavy atom. The van der Waals surface area contributed by atoms with Crippen LogP contribution in [-0.4, -0.2) is 28.1 Å². The number of sulfonamides is 1. The predicted octanol–water partition coefficient (Wildman–Crippen LogP) is 1.45. The van der Waals surface area contributed by atoms with E-state index < -0.39 is 10.0 Å². The molecule has 0 radical (unpaired) electrons. The molecular formula is C15H22N2O2S. The Balaban J connectivity index is 1.68. The monoisotopic (exact) mass is 294 g/mol. The third-order valence-corrected chi connectivity index (χ3v) is 5.82. The third kappa shape index (κ3) is 3.05. The minimum atomic E-state index is -3.35. The summed E-state index contributed by atoms with van der Waals surface area (Å²) in [5, 5.41) is 3.29. The molecule has 0 atom stereocenters. The first-order valence-corrected chi connectivity index (χ1v) is 8.96. The molecule has 1 aliphatic heterocycles. The number of aryl methyl sites for hydroxylation is 2. The summed E-state index contributed by atoms with van der Waals surface area (Å²) < 4.78 is 27.5. The van der Waals surface area contributed by atoms with Crippen molar-refractivity contribution < 1.29 is 8.42 Å². The van der Waals surface area contributed by atoms with Gasteiger partial charge in [-0.2, -0.15) is 0 Å². The molecule has 5 heteroatoms. The fourth-order valence-corrected chi connectivity index (χ4v) is 4.28. The van der Waals surface area contributed by atoms with Crippen LogP contribution in [0.25, 0.3) is 0 Å². The van der Waals surface area contributed by atoms with Gasteiger partial charge in [-0.1, -0.05) is 6.07 Å². The molecule has 2 aliphatic rings. The van der Waals surface area contributed by atoms with Crippen molar-refractivity contribution >= 4 is 10.0 Å². The van der Waals surface area contributed by atoms with Crippen LogP contribution in [0.2, 0.25) is 0 Å². The molecule has 110 valence electrons. The van der Waals surface area contributed by atoms with Crippen LogP contribution in [0.15, 0.2) is 23.1 Å². The summed E-state index contributed by atoms with van der Waals surface area (Å²) >= 11 is 0. The molecule has 4 nitrogen and oxygen atoms in total. The Hall–Kier alpha value is -0.910. The van der Waals surface area contributed by atoms with Crippen LogP contribution in [0, 0.1) is 5.92 Å². The highest BCUT2D eigenvalue weighted by atomic mass is 32.2. The van der Waals surface area contributed by atoms with Gasteiger partial charge < -0.3 is 5.32 Å². The van der Waals surface area contributed by atoms with Crippen LogP contribution in [0.5, 0.6) is 0 Å². The molecule has 0 spiro atoms. The summed E-state index contributed by atoms with van der Waals surface area (Å²) in [6.07, 6.45) is 5.33. The number of hydrogen-bond acceptors (Lipinski definition) is 3. The van der Waals surface area contributed by atoms with E-state index in [1.165, 1.54) is 11.1 Å². The molecule has 0 bridgehead atoms. The summed E-state index contributed by atoms with van der Waals surface area (Å²) in [7, 11) is -3.35. The summed E-state index contributed by atoms with van der Waals surface area (Å²) in [5.41, 5.74) is 2.51. The zero-order chi connectivity index (χ0) is 14.0. The van der Waals surface area contributed by atoms with Crippen molar-refractivity contribution in [1.29, 1.82) is 0 Å². The van der Waals surface area contributed by atoms with E-state index in [4.69, 9.17) is 0 Å². The summed E-state index contributed by atoms with van der Waals surface area (Å²) in [6, 6.07) is 5.57. The zero-order valence-electron chi connectivity index (χ0n) is 11.7. The van der Waals surface area contributed by atoms with Crippen molar-refractivity contribution in [3.05, 3.63) is 29.3 Å². The van der Waals surface area contributed by atoms with E-state index in [1.807, 2.05) is 12.1 Å². The summed E-state index contributed by atoms with van der Waals surface area (Å²) in [5.74, 6) is 0.459. The minimum Gasteiger partial charge on any atom is -0.317 e. The van der Waals surface area contributed by atoms with Gasteiger partial charge in [0.05, 0.1) is 4.90 Å². The van der Waals surface area contributed by atoms with E-state index in [1.54, 1.807) is 6.07 Å². The Morgan fingerprint density at radius 2 is 1.90 bits per heavy atom. The maximum absolute atomic E-state index is 12.3. The van der Waals surface area contributed by atoms with Crippen LogP contribution in [0.3, 0.4) is 0 Å². The molecule has 0 unspecified atom stereocenters. The predicted molar refractivity (Wildman–Crippen MR) is 79.2 cm³/mol. The lowest BCUT2D eigenvalue weighted by Gasteiger charge is -2.22. The lowest BCUT2D eigenvalue weighted by atomic mass is 9.99. The van der Waals surface area contributed by atoms with Crippen LogP contribution >= 0.6 is 0 Å². The smallest absolute Gasteiger partial charge is 0.240 e. The van der Waals surface area contributed by atoms with Gasteiger partial charge in [0.15, 0.2) is 0 Å². The molecule has 1 aromatic carbocycles. The first kappa shape index (κ1) is 14.0. The number of rotatable bonds is 4. The van der Waals surface area contributed by atoms with Crippen molar-refractivity contribution in [2.45, 2.75) is 37.0 Å². The largest absolute Gasteiger partial charge is 0.317 e. The highest BCUT2D eigenvalue weighted by Crippen LogP contribution is 2.24. The van der Waals surface area contributed by atoms with Crippen LogP contribution < -0.4 is 10.0 Å². The molecule has 3 rings (SSSR count). The quantitative estimate of drug-likeness (QED) is 0.884. The standard InChI is InChI=1S/C15H22N2O2S/c18-20(19,17-11-12-6-8-16-9-7-12)15-5-4-13-2-1-3-14(13)10-15/h4-5,10,12,16-17H,1-3,6-9,11H2. The van der Waals surface area contributed by atoms with Crippen molar-refractivity contribution in [3.8, 4) is 0 Å². The lowest BCUT2D eigenvalue weighted by molar-refractivity contribution is 0.372. The van der Waals surface area contributed by atoms with Crippen LogP contribution in [-0.2, 0) is 22.9 Å². The molecule has 1 fully saturated rings. The fourth-order valence-electron chi connectivity index (χ4n) is 3.11. The molecular weight excluding hydrogens is 272 g/mol. The topological polar surface area (TPSA) is 58.2 Å². The van der Waals surface area contributed by atoms with E-state index in [2.05, 4.69) is 10.0 Å². The second-order valence-corrected chi connectivity index (χ2v) is 7.60. The second-order valence-electron chi connectivity index (χ2n) is 5.83. The Morgan fingerprint density at radius 3 is 2.70 bits per heavy atom. The molecule has 1 saturated heterocycles. The van der Waals surface area contributed by atoms with E-state index in [0.717, 1.165) is 45.2 Å². The normalized spacial score (nSPS) is 20.0. The van der Waals surface area contributed by atoms with Crippen molar-refractivity contribution in [2.75, 3.05) is 19.6 Å². The second kappa shape index (κ2) is 5.84. The van der Waals surface area contributed by atoms with Gasteiger partial charge in [0, 0.05) is 6.54 Å². The van der Waals surface area contributed by atoms with Crippen molar-refractivity contribution in [1.82, 2.24) is 10.0 Å². The van der Waals surface area contributed by atoms with Gasteiger partial charge in [-0.05, 0) is 74.4 Å². The van der Waals surface area contributed by atoms with E-state index in [9.17, 15) is 8.42 Å². The first-order valence-electron chi connectivity index (χ1n) is 7.47. The van der Waals surface area contributed by atoms with E-state index >= 15 is 0 Å². The molecule has 2 N–H and O–H groups in total. The summed E-state index contributed by atoms with van der Waals surface area (Å²) in [4.78, 5) is 0.423. The number of fused-ring (bicyclic) bond motifs is 1. The SMILES string of the molecule is O=S(=O)(NCC1CCNCC1)c1ccc2c(c1)CCC2. The average molecular weight is 294 g/mol. The first-order chi connectivity index (χ1) is 9.65.